The van der Waals surface area contributed by atoms with E-state index in [0.29, 0.717) is 5.11 Å². The first kappa shape index (κ1) is 15.3. The number of aryl methyl sites for hydroxylation is 2. The van der Waals surface area contributed by atoms with Crippen LogP contribution in [0.2, 0.25) is 0 Å². The molecule has 0 saturated carbocycles. The van der Waals surface area contributed by atoms with Gasteiger partial charge in [0.1, 0.15) is 11.6 Å². The summed E-state index contributed by atoms with van der Waals surface area (Å²) < 4.78 is 18.3. The molecule has 3 nitrogen and oxygen atoms in total. The van der Waals surface area contributed by atoms with Gasteiger partial charge < -0.3 is 15.4 Å². The lowest BCUT2D eigenvalue weighted by molar-refractivity contribution is 0.415. The van der Waals surface area contributed by atoms with E-state index in [0.717, 1.165) is 28.3 Å². The van der Waals surface area contributed by atoms with Crippen molar-refractivity contribution in [1.29, 1.82) is 0 Å². The molecule has 0 amide bonds. The Hall–Kier alpha value is -2.14. The van der Waals surface area contributed by atoms with Crippen LogP contribution in [0.4, 0.5) is 15.8 Å². The maximum atomic E-state index is 13.1. The third kappa shape index (κ3) is 3.92. The first-order valence-electron chi connectivity index (χ1n) is 6.48. The minimum Gasteiger partial charge on any atom is -0.497 e. The van der Waals surface area contributed by atoms with Gasteiger partial charge in [-0.2, -0.15) is 0 Å². The second-order valence-corrected chi connectivity index (χ2v) is 5.13. The van der Waals surface area contributed by atoms with Crippen molar-refractivity contribution in [3.05, 3.63) is 53.3 Å². The van der Waals surface area contributed by atoms with Gasteiger partial charge in [0, 0.05) is 17.4 Å². The van der Waals surface area contributed by atoms with Crippen molar-refractivity contribution >= 4 is 28.7 Å². The predicted octanol–water partition coefficient (Wildman–Crippen LogP) is 4.26. The topological polar surface area (TPSA) is 33.3 Å². The fourth-order valence-electron chi connectivity index (χ4n) is 1.91. The Morgan fingerprint density at radius 1 is 1.00 bits per heavy atom. The lowest BCUT2D eigenvalue weighted by Gasteiger charge is -2.14. The highest BCUT2D eigenvalue weighted by atomic mass is 32.1. The molecule has 0 aliphatic carbocycles. The highest BCUT2D eigenvalue weighted by Gasteiger charge is 2.05. The molecule has 0 aliphatic rings. The van der Waals surface area contributed by atoms with Crippen molar-refractivity contribution in [2.75, 3.05) is 17.7 Å². The molecule has 110 valence electrons. The van der Waals surface area contributed by atoms with Crippen LogP contribution < -0.4 is 15.4 Å². The van der Waals surface area contributed by atoms with E-state index in [1.54, 1.807) is 13.2 Å². The smallest absolute Gasteiger partial charge is 0.175 e. The van der Waals surface area contributed by atoms with Gasteiger partial charge in [-0.15, -0.1) is 0 Å². The van der Waals surface area contributed by atoms with Gasteiger partial charge in [-0.05, 0) is 61.5 Å². The SMILES string of the molecule is COc1ccc(C)c(NC(=S)Nc2ccc(F)cc2C)c1. The van der Waals surface area contributed by atoms with Crippen LogP contribution in [0.1, 0.15) is 11.1 Å². The van der Waals surface area contributed by atoms with E-state index in [2.05, 4.69) is 10.6 Å². The van der Waals surface area contributed by atoms with E-state index < -0.39 is 0 Å². The largest absolute Gasteiger partial charge is 0.497 e. The van der Waals surface area contributed by atoms with Crippen molar-refractivity contribution in [3.63, 3.8) is 0 Å². The predicted molar refractivity (Wildman–Crippen MR) is 88.7 cm³/mol. The number of anilines is 2. The highest BCUT2D eigenvalue weighted by molar-refractivity contribution is 7.80. The van der Waals surface area contributed by atoms with Crippen LogP contribution in [0.3, 0.4) is 0 Å². The van der Waals surface area contributed by atoms with Crippen LogP contribution in [-0.2, 0) is 0 Å². The Balaban J connectivity index is 2.11. The molecule has 0 spiro atoms. The molecule has 0 unspecified atom stereocenters. The second-order valence-electron chi connectivity index (χ2n) is 4.72. The number of methoxy groups -OCH3 is 1. The maximum absolute atomic E-state index is 13.1. The molecule has 0 bridgehead atoms. The van der Waals surface area contributed by atoms with Crippen LogP contribution in [-0.4, -0.2) is 12.2 Å². The number of ether oxygens (including phenoxy) is 1. The Labute approximate surface area is 129 Å². The average Bonchev–Trinajstić information content (AvgIpc) is 2.44. The summed E-state index contributed by atoms with van der Waals surface area (Å²) in [6.07, 6.45) is 0. The molecule has 2 N–H and O–H groups in total. The van der Waals surface area contributed by atoms with Gasteiger partial charge in [0.05, 0.1) is 7.11 Å². The van der Waals surface area contributed by atoms with Gasteiger partial charge in [0.2, 0.25) is 0 Å². The van der Waals surface area contributed by atoms with Crippen LogP contribution in [0.15, 0.2) is 36.4 Å². The lowest BCUT2D eigenvalue weighted by atomic mass is 10.2. The molecule has 0 saturated heterocycles. The molecule has 0 radical (unpaired) electrons. The molecule has 2 aromatic rings. The molecule has 2 aromatic carbocycles. The second kappa shape index (κ2) is 6.54. The molecule has 0 aliphatic heterocycles. The van der Waals surface area contributed by atoms with Gasteiger partial charge in [0.15, 0.2) is 5.11 Å². The molecule has 21 heavy (non-hydrogen) atoms. The third-order valence-corrected chi connectivity index (χ3v) is 3.33. The highest BCUT2D eigenvalue weighted by Crippen LogP contribution is 2.22. The Kier molecular flexibility index (Phi) is 4.75. The van der Waals surface area contributed by atoms with E-state index >= 15 is 0 Å². The Morgan fingerprint density at radius 3 is 2.38 bits per heavy atom. The molecule has 0 fully saturated rings. The van der Waals surface area contributed by atoms with E-state index in [1.165, 1.54) is 12.1 Å². The monoisotopic (exact) mass is 304 g/mol. The van der Waals surface area contributed by atoms with E-state index in [4.69, 9.17) is 17.0 Å². The lowest BCUT2D eigenvalue weighted by Crippen LogP contribution is -2.20. The Bertz CT molecular complexity index is 673. The summed E-state index contributed by atoms with van der Waals surface area (Å²) in [5, 5.41) is 6.63. The number of hydrogen-bond donors (Lipinski definition) is 2. The summed E-state index contributed by atoms with van der Waals surface area (Å²) >= 11 is 5.29. The van der Waals surface area contributed by atoms with Crippen molar-refractivity contribution in [2.24, 2.45) is 0 Å². The average molecular weight is 304 g/mol. The molecule has 2 rings (SSSR count). The van der Waals surface area contributed by atoms with Gasteiger partial charge in [0.25, 0.3) is 0 Å². The summed E-state index contributed by atoms with van der Waals surface area (Å²) in [7, 11) is 1.62. The van der Waals surface area contributed by atoms with Gasteiger partial charge in [-0.25, -0.2) is 4.39 Å². The van der Waals surface area contributed by atoms with Crippen molar-refractivity contribution < 1.29 is 9.13 Å². The van der Waals surface area contributed by atoms with Gasteiger partial charge in [-0.1, -0.05) is 6.07 Å². The van der Waals surface area contributed by atoms with E-state index in [1.807, 2.05) is 32.0 Å². The summed E-state index contributed by atoms with van der Waals surface area (Å²) in [6, 6.07) is 10.2. The quantitative estimate of drug-likeness (QED) is 0.830. The Morgan fingerprint density at radius 2 is 1.71 bits per heavy atom. The molecular weight excluding hydrogens is 287 g/mol. The number of halogens is 1. The summed E-state index contributed by atoms with van der Waals surface area (Å²) in [6.45, 7) is 3.80. The number of thiocarbonyl (C=S) groups is 1. The molecular formula is C16H17FN2OS. The zero-order valence-corrected chi connectivity index (χ0v) is 13.0. The first-order valence-corrected chi connectivity index (χ1v) is 6.89. The van der Waals surface area contributed by atoms with Gasteiger partial charge in [-0.3, -0.25) is 0 Å². The van der Waals surface area contributed by atoms with Crippen LogP contribution in [0.25, 0.3) is 0 Å². The minimum absolute atomic E-state index is 0.263. The van der Waals surface area contributed by atoms with Gasteiger partial charge >= 0.3 is 0 Å². The van der Waals surface area contributed by atoms with Crippen LogP contribution in [0.5, 0.6) is 5.75 Å². The number of rotatable bonds is 3. The molecule has 0 aromatic heterocycles. The third-order valence-electron chi connectivity index (χ3n) is 3.13. The zero-order valence-electron chi connectivity index (χ0n) is 12.2. The standard InChI is InChI=1S/C16H17FN2OS/c1-10-4-6-13(20-3)9-15(10)19-16(21)18-14-7-5-12(17)8-11(14)2/h4-9H,1-3H3,(H2,18,19,21). The fraction of sp³-hybridized carbons (Fsp3) is 0.188. The van der Waals surface area contributed by atoms with Crippen molar-refractivity contribution in [1.82, 2.24) is 0 Å². The molecule has 0 atom stereocenters. The van der Waals surface area contributed by atoms with Crippen molar-refractivity contribution in [2.45, 2.75) is 13.8 Å². The maximum Gasteiger partial charge on any atom is 0.175 e. The number of nitrogens with one attached hydrogen (secondary N) is 2. The number of hydrogen-bond acceptors (Lipinski definition) is 2. The first-order chi connectivity index (χ1) is 9.99. The summed E-state index contributed by atoms with van der Waals surface area (Å²) in [5.41, 5.74) is 3.48. The van der Waals surface area contributed by atoms with E-state index in [9.17, 15) is 4.39 Å². The zero-order chi connectivity index (χ0) is 15.4. The number of benzene rings is 2. The molecule has 0 heterocycles. The van der Waals surface area contributed by atoms with E-state index in [-0.39, 0.29) is 5.82 Å². The normalized spacial score (nSPS) is 10.1. The van der Waals surface area contributed by atoms with Crippen LogP contribution >= 0.6 is 12.2 Å². The fourth-order valence-corrected chi connectivity index (χ4v) is 2.13. The molecule has 5 heteroatoms. The van der Waals surface area contributed by atoms with Crippen LogP contribution in [0, 0.1) is 19.7 Å². The summed E-state index contributed by atoms with van der Waals surface area (Å²) in [5.74, 6) is 0.490. The van der Waals surface area contributed by atoms with Crippen molar-refractivity contribution in [3.8, 4) is 5.75 Å². The minimum atomic E-state index is -0.263. The summed E-state index contributed by atoms with van der Waals surface area (Å²) in [4.78, 5) is 0.